The smallest absolute Gasteiger partial charge is 0.324 e. The molecule has 5 rings (SSSR count). The maximum absolute atomic E-state index is 13.5. The molecule has 6 nitrogen and oxygen atoms in total. The summed E-state index contributed by atoms with van der Waals surface area (Å²) in [6, 6.07) is 17.3. The van der Waals surface area contributed by atoms with Gasteiger partial charge in [0.1, 0.15) is 11.4 Å². The van der Waals surface area contributed by atoms with E-state index in [2.05, 4.69) is 27.9 Å². The molecule has 0 bridgehead atoms. The zero-order chi connectivity index (χ0) is 23.7. The highest BCUT2D eigenvalue weighted by molar-refractivity contribution is 14.1. The lowest BCUT2D eigenvalue weighted by molar-refractivity contribution is -0.116. The van der Waals surface area contributed by atoms with E-state index in [1.807, 2.05) is 54.6 Å². The van der Waals surface area contributed by atoms with E-state index in [-0.39, 0.29) is 24.6 Å². The van der Waals surface area contributed by atoms with Crippen molar-refractivity contribution < 1.29 is 4.79 Å². The molecule has 0 fully saturated rings. The number of nitrogens with zero attached hydrogens (tertiary/aromatic N) is 2. The lowest BCUT2D eigenvalue weighted by atomic mass is 9.97. The first-order chi connectivity index (χ1) is 16.5. The largest absolute Gasteiger partial charge is 0.332 e. The van der Waals surface area contributed by atoms with Crippen LogP contribution in [0.1, 0.15) is 28.8 Å². The van der Waals surface area contributed by atoms with E-state index in [1.54, 1.807) is 0 Å². The molecule has 2 heterocycles. The Morgan fingerprint density at radius 2 is 1.71 bits per heavy atom. The predicted molar refractivity (Wildman–Crippen MR) is 145 cm³/mol. The van der Waals surface area contributed by atoms with Crippen molar-refractivity contribution in [2.24, 2.45) is 0 Å². The van der Waals surface area contributed by atoms with Gasteiger partial charge in [-0.05, 0) is 78.0 Å². The van der Waals surface area contributed by atoms with Crippen LogP contribution in [0.2, 0.25) is 0 Å². The van der Waals surface area contributed by atoms with Crippen LogP contribution in [0.3, 0.4) is 0 Å². The molecule has 1 aliphatic carbocycles. The molecule has 0 aliphatic heterocycles. The molecule has 4 aromatic rings. The monoisotopic (exact) mass is 585 g/mol. The van der Waals surface area contributed by atoms with E-state index in [9.17, 15) is 14.4 Å². The Balaban J connectivity index is 1.57. The average molecular weight is 585 g/mol. The zero-order valence-electron chi connectivity index (χ0n) is 18.6. The van der Waals surface area contributed by atoms with Crippen molar-refractivity contribution in [2.75, 3.05) is 5.32 Å². The van der Waals surface area contributed by atoms with Gasteiger partial charge >= 0.3 is 5.69 Å². The van der Waals surface area contributed by atoms with Gasteiger partial charge in [0.2, 0.25) is 5.91 Å². The summed E-state index contributed by atoms with van der Waals surface area (Å²) in [7, 11) is 0. The summed E-state index contributed by atoms with van der Waals surface area (Å²) in [5.41, 5.74) is 2.18. The van der Waals surface area contributed by atoms with E-state index >= 15 is 0 Å². The molecule has 0 radical (unpaired) electrons. The second kappa shape index (κ2) is 9.87. The van der Waals surface area contributed by atoms with Gasteiger partial charge in [-0.3, -0.25) is 18.7 Å². The first-order valence-electron chi connectivity index (χ1n) is 11.4. The standard InChI is InChI=1S/C26H24IN3O3S/c27-19-11-5-6-12-20(19)28-22(31)16-30-25-23(18-10-4-7-13-21(18)34-25)24(32)29(26(30)33)15-14-17-8-2-1-3-9-17/h1-3,5-6,8-9,11-12H,4,7,10,13-16H2,(H,28,31). The Morgan fingerprint density at radius 1 is 0.971 bits per heavy atom. The number of aryl methyl sites for hydroxylation is 3. The fourth-order valence-corrected chi connectivity index (χ4v) is 6.43. The van der Waals surface area contributed by atoms with Gasteiger partial charge < -0.3 is 5.32 Å². The number of aromatic nitrogens is 2. The number of thiophene rings is 1. The Morgan fingerprint density at radius 3 is 2.50 bits per heavy atom. The topological polar surface area (TPSA) is 73.1 Å². The zero-order valence-corrected chi connectivity index (χ0v) is 21.5. The van der Waals surface area contributed by atoms with Crippen LogP contribution in [0.25, 0.3) is 10.2 Å². The van der Waals surface area contributed by atoms with Crippen LogP contribution in [0, 0.1) is 3.57 Å². The molecule has 1 amide bonds. The second-order valence-electron chi connectivity index (χ2n) is 8.48. The molecule has 0 atom stereocenters. The van der Waals surface area contributed by atoms with Gasteiger partial charge in [-0.2, -0.15) is 0 Å². The normalized spacial score (nSPS) is 13.1. The molecular weight excluding hydrogens is 561 g/mol. The van der Waals surface area contributed by atoms with Crippen molar-refractivity contribution in [3.8, 4) is 0 Å². The molecule has 1 N–H and O–H groups in total. The van der Waals surface area contributed by atoms with Crippen LogP contribution >= 0.6 is 33.9 Å². The minimum absolute atomic E-state index is 0.134. The minimum Gasteiger partial charge on any atom is -0.324 e. The molecule has 1 aliphatic rings. The van der Waals surface area contributed by atoms with E-state index in [0.717, 1.165) is 40.4 Å². The number of carbonyl (C=O) groups is 1. The third-order valence-electron chi connectivity index (χ3n) is 6.24. The summed E-state index contributed by atoms with van der Waals surface area (Å²) < 4.78 is 3.73. The van der Waals surface area contributed by atoms with Crippen LogP contribution in [0.5, 0.6) is 0 Å². The lowest BCUT2D eigenvalue weighted by Crippen LogP contribution is -2.42. The number of rotatable bonds is 6. The molecule has 0 saturated carbocycles. The Bertz CT molecular complexity index is 1490. The number of anilines is 1. The van der Waals surface area contributed by atoms with Crippen LogP contribution in [-0.4, -0.2) is 15.0 Å². The number of fused-ring (bicyclic) bond motifs is 3. The Hall–Kier alpha value is -2.72. The predicted octanol–water partition coefficient (Wildman–Crippen LogP) is 4.59. The molecule has 0 spiro atoms. The summed E-state index contributed by atoms with van der Waals surface area (Å²) in [4.78, 5) is 41.9. The quantitative estimate of drug-likeness (QED) is 0.337. The van der Waals surface area contributed by atoms with Gasteiger partial charge in [0.15, 0.2) is 0 Å². The summed E-state index contributed by atoms with van der Waals surface area (Å²) in [6.07, 6.45) is 4.45. The molecule has 0 unspecified atom stereocenters. The summed E-state index contributed by atoms with van der Waals surface area (Å²) in [6.45, 7) is 0.145. The SMILES string of the molecule is O=C(Cn1c(=O)n(CCc2ccccc2)c(=O)c2c3c(sc21)CCCC3)Nc1ccccc1I. The van der Waals surface area contributed by atoms with Gasteiger partial charge in [0.25, 0.3) is 5.56 Å². The molecule has 2 aromatic carbocycles. The number of benzene rings is 2. The molecular formula is C26H24IN3O3S. The highest BCUT2D eigenvalue weighted by Crippen LogP contribution is 2.34. The van der Waals surface area contributed by atoms with Crippen molar-refractivity contribution in [3.63, 3.8) is 0 Å². The summed E-state index contributed by atoms with van der Waals surface area (Å²) >= 11 is 3.67. The van der Waals surface area contributed by atoms with Crippen molar-refractivity contribution in [1.82, 2.24) is 9.13 Å². The Labute approximate surface area is 214 Å². The van der Waals surface area contributed by atoms with Crippen molar-refractivity contribution in [1.29, 1.82) is 0 Å². The number of carbonyl (C=O) groups excluding carboxylic acids is 1. The van der Waals surface area contributed by atoms with Gasteiger partial charge in [0.05, 0.1) is 11.1 Å². The van der Waals surface area contributed by atoms with Gasteiger partial charge in [0, 0.05) is 15.0 Å². The number of hydrogen-bond acceptors (Lipinski definition) is 4. The first-order valence-corrected chi connectivity index (χ1v) is 13.3. The number of hydrogen-bond donors (Lipinski definition) is 1. The molecule has 0 saturated heterocycles. The van der Waals surface area contributed by atoms with Crippen molar-refractivity contribution in [3.05, 3.63) is 95.0 Å². The summed E-state index contributed by atoms with van der Waals surface area (Å²) in [5, 5.41) is 3.54. The van der Waals surface area contributed by atoms with E-state index in [0.29, 0.717) is 22.3 Å². The highest BCUT2D eigenvalue weighted by atomic mass is 127. The van der Waals surface area contributed by atoms with E-state index in [1.165, 1.54) is 25.3 Å². The molecule has 8 heteroatoms. The molecule has 34 heavy (non-hydrogen) atoms. The van der Waals surface area contributed by atoms with Crippen LogP contribution in [0.4, 0.5) is 5.69 Å². The first kappa shape index (κ1) is 23.0. The highest BCUT2D eigenvalue weighted by Gasteiger charge is 2.24. The maximum atomic E-state index is 13.5. The number of amides is 1. The summed E-state index contributed by atoms with van der Waals surface area (Å²) in [5.74, 6) is -0.285. The van der Waals surface area contributed by atoms with Crippen molar-refractivity contribution >= 4 is 55.7 Å². The molecule has 174 valence electrons. The van der Waals surface area contributed by atoms with Crippen LogP contribution < -0.4 is 16.6 Å². The third-order valence-corrected chi connectivity index (χ3v) is 8.49. The second-order valence-corrected chi connectivity index (χ2v) is 10.7. The van der Waals surface area contributed by atoms with Crippen molar-refractivity contribution in [2.45, 2.75) is 45.2 Å². The van der Waals surface area contributed by atoms with Gasteiger partial charge in [-0.15, -0.1) is 11.3 Å². The van der Waals surface area contributed by atoms with E-state index < -0.39 is 5.69 Å². The van der Waals surface area contributed by atoms with Crippen LogP contribution in [0.15, 0.2) is 64.2 Å². The Kier molecular flexibility index (Phi) is 6.69. The van der Waals surface area contributed by atoms with Gasteiger partial charge in [-0.1, -0.05) is 42.5 Å². The van der Waals surface area contributed by atoms with Gasteiger partial charge in [-0.25, -0.2) is 4.79 Å². The molecule has 2 aromatic heterocycles. The number of nitrogens with one attached hydrogen (secondary N) is 1. The minimum atomic E-state index is -0.426. The number of para-hydroxylation sites is 1. The lowest BCUT2D eigenvalue weighted by Gasteiger charge is -2.14. The van der Waals surface area contributed by atoms with Crippen LogP contribution in [-0.2, 0) is 37.1 Å². The number of halogens is 1. The fourth-order valence-electron chi connectivity index (χ4n) is 4.53. The maximum Gasteiger partial charge on any atom is 0.332 e. The average Bonchev–Trinajstić information content (AvgIpc) is 3.23. The van der Waals surface area contributed by atoms with E-state index in [4.69, 9.17) is 0 Å². The third kappa shape index (κ3) is 4.48. The fraction of sp³-hybridized carbons (Fsp3) is 0.269.